The zero-order chi connectivity index (χ0) is 14.1. The van der Waals surface area contributed by atoms with Crippen molar-refractivity contribution in [3.63, 3.8) is 0 Å². The van der Waals surface area contributed by atoms with Gasteiger partial charge in [-0.05, 0) is 36.4 Å². The van der Waals surface area contributed by atoms with E-state index >= 15 is 0 Å². The molecule has 3 aromatic rings. The number of carbonyl (C=O) groups excluding carboxylic acids is 1. The molecule has 2 aromatic carbocycles. The molecule has 1 aromatic heterocycles. The smallest absolute Gasteiger partial charge is 0.257 e. The van der Waals surface area contributed by atoms with Gasteiger partial charge in [0, 0.05) is 10.6 Å². The molecule has 1 amide bonds. The molecule has 0 fully saturated rings. The van der Waals surface area contributed by atoms with Crippen molar-refractivity contribution in [2.24, 2.45) is 0 Å². The summed E-state index contributed by atoms with van der Waals surface area (Å²) in [5.41, 5.74) is 1.16. The van der Waals surface area contributed by atoms with Crippen LogP contribution in [0.15, 0.2) is 42.5 Å². The summed E-state index contributed by atoms with van der Waals surface area (Å²) in [5, 5.41) is 13.2. The van der Waals surface area contributed by atoms with Crippen LogP contribution in [-0.2, 0) is 0 Å². The van der Waals surface area contributed by atoms with Gasteiger partial charge in [0.25, 0.3) is 5.91 Å². The molecule has 0 radical (unpaired) electrons. The maximum absolute atomic E-state index is 12.0. The normalized spacial score (nSPS) is 10.7. The van der Waals surface area contributed by atoms with Gasteiger partial charge in [-0.25, -0.2) is 4.98 Å². The number of amides is 1. The maximum atomic E-state index is 12.0. The number of anilines is 1. The van der Waals surface area contributed by atoms with Crippen molar-refractivity contribution in [3.05, 3.63) is 53.1 Å². The second-order valence-corrected chi connectivity index (χ2v) is 5.60. The number of aromatic hydroxyl groups is 1. The lowest BCUT2D eigenvalue weighted by atomic mass is 10.2. The molecule has 0 saturated heterocycles. The highest BCUT2D eigenvalue weighted by Crippen LogP contribution is 2.28. The fourth-order valence-electron chi connectivity index (χ4n) is 1.77. The summed E-state index contributed by atoms with van der Waals surface area (Å²) in [6.45, 7) is 0. The Morgan fingerprint density at radius 2 is 2.10 bits per heavy atom. The Kier molecular flexibility index (Phi) is 3.30. The predicted molar refractivity (Wildman–Crippen MR) is 80.7 cm³/mol. The van der Waals surface area contributed by atoms with Crippen LogP contribution in [0.5, 0.6) is 5.75 Å². The molecule has 0 spiro atoms. The highest BCUT2D eigenvalue weighted by Gasteiger charge is 2.10. The summed E-state index contributed by atoms with van der Waals surface area (Å²) in [7, 11) is 0. The van der Waals surface area contributed by atoms with Gasteiger partial charge in [0.1, 0.15) is 5.75 Å². The molecule has 2 N–H and O–H groups in total. The Hall–Kier alpha value is -2.11. The van der Waals surface area contributed by atoms with Gasteiger partial charge >= 0.3 is 0 Å². The van der Waals surface area contributed by atoms with Gasteiger partial charge in [-0.3, -0.25) is 10.1 Å². The van der Waals surface area contributed by atoms with Crippen LogP contribution in [0.4, 0.5) is 5.13 Å². The molecule has 0 unspecified atom stereocenters. The Labute approximate surface area is 123 Å². The number of nitrogens with zero attached hydrogens (tertiary/aromatic N) is 1. The van der Waals surface area contributed by atoms with Gasteiger partial charge in [0.15, 0.2) is 5.13 Å². The molecule has 20 heavy (non-hydrogen) atoms. The van der Waals surface area contributed by atoms with Gasteiger partial charge in [0.2, 0.25) is 0 Å². The van der Waals surface area contributed by atoms with E-state index in [1.54, 1.807) is 30.3 Å². The molecule has 3 rings (SSSR count). The first kappa shape index (κ1) is 12.9. The summed E-state index contributed by atoms with van der Waals surface area (Å²) in [4.78, 5) is 16.3. The zero-order valence-corrected chi connectivity index (χ0v) is 11.7. The number of phenolic OH excluding ortho intramolecular Hbond substituents is 1. The van der Waals surface area contributed by atoms with Crippen LogP contribution in [-0.4, -0.2) is 16.0 Å². The quantitative estimate of drug-likeness (QED) is 0.754. The van der Waals surface area contributed by atoms with E-state index in [2.05, 4.69) is 10.3 Å². The molecule has 0 aliphatic carbocycles. The van der Waals surface area contributed by atoms with Crippen molar-refractivity contribution < 1.29 is 9.90 Å². The van der Waals surface area contributed by atoms with Crippen LogP contribution in [0.2, 0.25) is 5.02 Å². The molecule has 1 heterocycles. The van der Waals surface area contributed by atoms with Crippen LogP contribution in [0.3, 0.4) is 0 Å². The van der Waals surface area contributed by atoms with E-state index in [9.17, 15) is 9.90 Å². The molecule has 0 bridgehead atoms. The van der Waals surface area contributed by atoms with E-state index in [0.717, 1.165) is 10.2 Å². The topological polar surface area (TPSA) is 62.2 Å². The predicted octanol–water partition coefficient (Wildman–Crippen LogP) is 3.91. The van der Waals surface area contributed by atoms with E-state index in [4.69, 9.17) is 11.6 Å². The summed E-state index contributed by atoms with van der Waals surface area (Å²) >= 11 is 7.26. The lowest BCUT2D eigenvalue weighted by molar-refractivity contribution is 0.102. The highest BCUT2D eigenvalue weighted by molar-refractivity contribution is 7.22. The van der Waals surface area contributed by atoms with Crippen LogP contribution in [0.1, 0.15) is 10.4 Å². The minimum Gasteiger partial charge on any atom is -0.508 e. The number of phenols is 1. The van der Waals surface area contributed by atoms with Gasteiger partial charge in [-0.15, -0.1) is 0 Å². The minimum absolute atomic E-state index is 0.0498. The largest absolute Gasteiger partial charge is 0.508 e. The fourth-order valence-corrected chi connectivity index (χ4v) is 2.91. The van der Waals surface area contributed by atoms with Crippen molar-refractivity contribution in [3.8, 4) is 5.75 Å². The Morgan fingerprint density at radius 3 is 2.90 bits per heavy atom. The molecular formula is C14H9ClN2O2S. The molecule has 0 saturated carbocycles. The van der Waals surface area contributed by atoms with Crippen molar-refractivity contribution in [1.29, 1.82) is 0 Å². The van der Waals surface area contributed by atoms with E-state index in [-0.39, 0.29) is 11.7 Å². The summed E-state index contributed by atoms with van der Waals surface area (Å²) in [5.74, 6) is -0.264. The van der Waals surface area contributed by atoms with Crippen molar-refractivity contribution in [1.82, 2.24) is 4.98 Å². The SMILES string of the molecule is O=C(Nc1nc2ccc(Cl)cc2s1)c1cccc(O)c1. The average Bonchev–Trinajstić information content (AvgIpc) is 2.80. The molecule has 6 heteroatoms. The van der Waals surface area contributed by atoms with E-state index in [1.807, 2.05) is 0 Å². The molecule has 0 atom stereocenters. The Balaban J connectivity index is 1.87. The summed E-state index contributed by atoms with van der Waals surface area (Å²) < 4.78 is 0.906. The maximum Gasteiger partial charge on any atom is 0.257 e. The van der Waals surface area contributed by atoms with Gasteiger partial charge in [-0.2, -0.15) is 0 Å². The first-order valence-electron chi connectivity index (χ1n) is 5.78. The molecular weight excluding hydrogens is 296 g/mol. The minimum atomic E-state index is -0.314. The number of nitrogens with one attached hydrogen (secondary N) is 1. The number of hydrogen-bond acceptors (Lipinski definition) is 4. The zero-order valence-electron chi connectivity index (χ0n) is 10.1. The second kappa shape index (κ2) is 5.11. The van der Waals surface area contributed by atoms with Crippen LogP contribution in [0.25, 0.3) is 10.2 Å². The van der Waals surface area contributed by atoms with Gasteiger partial charge in [-0.1, -0.05) is 29.0 Å². The van der Waals surface area contributed by atoms with E-state index in [1.165, 1.54) is 23.5 Å². The Bertz CT molecular complexity index is 801. The van der Waals surface area contributed by atoms with E-state index in [0.29, 0.717) is 15.7 Å². The number of halogens is 1. The third-order valence-corrected chi connectivity index (χ3v) is 3.85. The lowest BCUT2D eigenvalue weighted by Crippen LogP contribution is -2.11. The first-order valence-corrected chi connectivity index (χ1v) is 6.98. The standard InChI is InChI=1S/C14H9ClN2O2S/c15-9-4-5-11-12(7-9)20-14(16-11)17-13(19)8-2-1-3-10(18)6-8/h1-7,18H,(H,16,17,19). The number of thiazole rings is 1. The summed E-state index contributed by atoms with van der Waals surface area (Å²) in [6.07, 6.45) is 0. The van der Waals surface area contributed by atoms with Crippen LogP contribution < -0.4 is 5.32 Å². The lowest BCUT2D eigenvalue weighted by Gasteiger charge is -2.01. The monoisotopic (exact) mass is 304 g/mol. The highest BCUT2D eigenvalue weighted by atomic mass is 35.5. The molecule has 0 aliphatic heterocycles. The number of benzene rings is 2. The molecule has 100 valence electrons. The first-order chi connectivity index (χ1) is 9.61. The number of hydrogen-bond donors (Lipinski definition) is 2. The molecule has 4 nitrogen and oxygen atoms in total. The van der Waals surface area contributed by atoms with Crippen LogP contribution >= 0.6 is 22.9 Å². The number of rotatable bonds is 2. The van der Waals surface area contributed by atoms with E-state index < -0.39 is 0 Å². The summed E-state index contributed by atoms with van der Waals surface area (Å²) in [6, 6.07) is 11.5. The van der Waals surface area contributed by atoms with Crippen molar-refractivity contribution in [2.75, 3.05) is 5.32 Å². The van der Waals surface area contributed by atoms with Crippen molar-refractivity contribution >= 4 is 44.2 Å². The molecule has 0 aliphatic rings. The average molecular weight is 305 g/mol. The van der Waals surface area contributed by atoms with Crippen LogP contribution in [0, 0.1) is 0 Å². The number of fused-ring (bicyclic) bond motifs is 1. The number of carbonyl (C=O) groups is 1. The van der Waals surface area contributed by atoms with Crippen molar-refractivity contribution in [2.45, 2.75) is 0 Å². The number of aromatic nitrogens is 1. The second-order valence-electron chi connectivity index (χ2n) is 4.14. The third kappa shape index (κ3) is 2.59. The fraction of sp³-hybridized carbons (Fsp3) is 0. The third-order valence-electron chi connectivity index (χ3n) is 2.68. The van der Waals surface area contributed by atoms with Gasteiger partial charge < -0.3 is 5.11 Å². The van der Waals surface area contributed by atoms with Gasteiger partial charge in [0.05, 0.1) is 10.2 Å². The Morgan fingerprint density at radius 1 is 1.25 bits per heavy atom.